The van der Waals surface area contributed by atoms with Gasteiger partial charge in [0, 0.05) is 32.1 Å². The highest BCUT2D eigenvalue weighted by Gasteiger charge is 2.39. The van der Waals surface area contributed by atoms with Crippen LogP contribution >= 0.6 is 24.0 Å². The fraction of sp³-hybridized carbons (Fsp3) is 0.833. The van der Waals surface area contributed by atoms with E-state index in [1.54, 1.807) is 0 Å². The van der Waals surface area contributed by atoms with Crippen molar-refractivity contribution in [2.24, 2.45) is 22.7 Å². The molecule has 3 unspecified atom stereocenters. The second-order valence-corrected chi connectivity index (χ2v) is 7.73. The molecule has 7 heteroatoms. The van der Waals surface area contributed by atoms with Gasteiger partial charge < -0.3 is 15.2 Å². The molecule has 0 aliphatic heterocycles. The second kappa shape index (κ2) is 9.73. The zero-order valence-corrected chi connectivity index (χ0v) is 18.1. The fourth-order valence-corrected chi connectivity index (χ4v) is 4.06. The Balaban J connectivity index is 0.00000225. The fourth-order valence-electron chi connectivity index (χ4n) is 4.06. The highest BCUT2D eigenvalue weighted by atomic mass is 127. The Morgan fingerprint density at radius 2 is 2.20 bits per heavy atom. The number of fused-ring (bicyclic) bond motifs is 2. The topological polar surface area (TPSA) is 67.1 Å². The number of hydrogen-bond acceptors (Lipinski definition) is 3. The van der Waals surface area contributed by atoms with E-state index in [0.29, 0.717) is 12.0 Å². The number of aliphatic imine (C=N–C) groups is 1. The Bertz CT molecular complexity index is 556. The molecule has 3 rings (SSSR count). The molecule has 142 valence electrons. The summed E-state index contributed by atoms with van der Waals surface area (Å²) in [5.74, 6) is 4.40. The Morgan fingerprint density at radius 3 is 2.84 bits per heavy atom. The predicted molar refractivity (Wildman–Crippen MR) is 112 cm³/mol. The van der Waals surface area contributed by atoms with Crippen molar-refractivity contribution in [2.45, 2.75) is 65.5 Å². The summed E-state index contributed by atoms with van der Waals surface area (Å²) in [6, 6.07) is 0.614. The molecule has 2 N–H and O–H groups in total. The largest absolute Gasteiger partial charge is 0.355 e. The number of aryl methyl sites for hydroxylation is 1. The van der Waals surface area contributed by atoms with E-state index in [-0.39, 0.29) is 24.0 Å². The summed E-state index contributed by atoms with van der Waals surface area (Å²) < 4.78 is 2.12. The number of nitrogens with one attached hydrogen (secondary N) is 2. The van der Waals surface area contributed by atoms with Gasteiger partial charge >= 0.3 is 0 Å². The predicted octanol–water partition coefficient (Wildman–Crippen LogP) is 2.84. The summed E-state index contributed by atoms with van der Waals surface area (Å²) in [5.41, 5.74) is 0. The lowest BCUT2D eigenvalue weighted by atomic mass is 9.95. The first-order chi connectivity index (χ1) is 11.7. The summed E-state index contributed by atoms with van der Waals surface area (Å²) in [7, 11) is 0. The summed E-state index contributed by atoms with van der Waals surface area (Å²) in [4.78, 5) is 4.79. The van der Waals surface area contributed by atoms with Crippen LogP contribution in [0.2, 0.25) is 0 Å². The number of hydrogen-bond donors (Lipinski definition) is 2. The van der Waals surface area contributed by atoms with E-state index in [1.807, 2.05) is 6.33 Å². The van der Waals surface area contributed by atoms with Crippen molar-refractivity contribution in [1.29, 1.82) is 0 Å². The van der Waals surface area contributed by atoms with E-state index in [9.17, 15) is 0 Å². The van der Waals surface area contributed by atoms with E-state index < -0.39 is 0 Å². The lowest BCUT2D eigenvalue weighted by molar-refractivity contribution is 0.386. The molecule has 1 heterocycles. The lowest BCUT2D eigenvalue weighted by Crippen LogP contribution is -2.46. The molecule has 0 aromatic carbocycles. The van der Waals surface area contributed by atoms with Gasteiger partial charge in [0.2, 0.25) is 0 Å². The zero-order valence-electron chi connectivity index (χ0n) is 15.7. The van der Waals surface area contributed by atoms with Crippen molar-refractivity contribution in [3.05, 3.63) is 12.2 Å². The molecule has 0 amide bonds. The molecule has 0 saturated heterocycles. The molecule has 1 aromatic heterocycles. The third-order valence-corrected chi connectivity index (χ3v) is 5.33. The van der Waals surface area contributed by atoms with Gasteiger partial charge in [-0.3, -0.25) is 4.99 Å². The molecule has 1 aromatic rings. The van der Waals surface area contributed by atoms with Crippen molar-refractivity contribution < 1.29 is 0 Å². The van der Waals surface area contributed by atoms with Gasteiger partial charge in [-0.15, -0.1) is 34.2 Å². The monoisotopic (exact) mass is 460 g/mol. The van der Waals surface area contributed by atoms with E-state index in [0.717, 1.165) is 49.7 Å². The van der Waals surface area contributed by atoms with E-state index in [2.05, 4.69) is 46.2 Å². The highest BCUT2D eigenvalue weighted by molar-refractivity contribution is 14.0. The Morgan fingerprint density at radius 1 is 1.36 bits per heavy atom. The van der Waals surface area contributed by atoms with Gasteiger partial charge in [-0.1, -0.05) is 27.2 Å². The Kier molecular flexibility index (Phi) is 7.96. The van der Waals surface area contributed by atoms with Gasteiger partial charge in [0.25, 0.3) is 0 Å². The van der Waals surface area contributed by atoms with E-state index in [4.69, 9.17) is 4.99 Å². The molecule has 2 fully saturated rings. The van der Waals surface area contributed by atoms with E-state index >= 15 is 0 Å². The van der Waals surface area contributed by atoms with Gasteiger partial charge in [-0.2, -0.15) is 0 Å². The first kappa shape index (κ1) is 20.5. The molecular weight excluding hydrogens is 427 g/mol. The minimum atomic E-state index is 0. The smallest absolute Gasteiger partial charge is 0.191 e. The van der Waals surface area contributed by atoms with Crippen LogP contribution in [0.1, 0.15) is 52.3 Å². The van der Waals surface area contributed by atoms with Gasteiger partial charge in [-0.05, 0) is 37.0 Å². The maximum atomic E-state index is 4.79. The van der Waals surface area contributed by atoms with E-state index in [1.165, 1.54) is 25.7 Å². The van der Waals surface area contributed by atoms with Crippen LogP contribution in [0, 0.1) is 17.8 Å². The number of nitrogens with zero attached hydrogens (tertiary/aromatic N) is 4. The van der Waals surface area contributed by atoms with Crippen LogP contribution in [0.15, 0.2) is 11.3 Å². The molecule has 0 radical (unpaired) electrons. The molecule has 25 heavy (non-hydrogen) atoms. The molecule has 2 aliphatic carbocycles. The van der Waals surface area contributed by atoms with Crippen LogP contribution < -0.4 is 10.6 Å². The normalized spacial score (nSPS) is 25.3. The average molecular weight is 460 g/mol. The van der Waals surface area contributed by atoms with Gasteiger partial charge in [-0.25, -0.2) is 0 Å². The maximum Gasteiger partial charge on any atom is 0.191 e. The lowest BCUT2D eigenvalue weighted by Gasteiger charge is -2.25. The summed E-state index contributed by atoms with van der Waals surface area (Å²) >= 11 is 0. The molecule has 0 spiro atoms. The van der Waals surface area contributed by atoms with Gasteiger partial charge in [0.1, 0.15) is 12.2 Å². The molecule has 2 saturated carbocycles. The summed E-state index contributed by atoms with van der Waals surface area (Å²) in [6.45, 7) is 9.11. The van der Waals surface area contributed by atoms with Crippen LogP contribution in [0.5, 0.6) is 0 Å². The Hall–Kier alpha value is -0.860. The zero-order chi connectivity index (χ0) is 16.9. The van der Waals surface area contributed by atoms with Crippen molar-refractivity contribution in [3.63, 3.8) is 0 Å². The van der Waals surface area contributed by atoms with Crippen LogP contribution in [0.4, 0.5) is 0 Å². The molecule has 3 atom stereocenters. The van der Waals surface area contributed by atoms with Crippen LogP contribution in [-0.2, 0) is 13.0 Å². The van der Waals surface area contributed by atoms with Gasteiger partial charge in [0.15, 0.2) is 5.96 Å². The number of halogens is 1. The minimum absolute atomic E-state index is 0. The van der Waals surface area contributed by atoms with Crippen molar-refractivity contribution in [3.8, 4) is 0 Å². The molecule has 2 bridgehead atoms. The Labute approximate surface area is 168 Å². The maximum absolute atomic E-state index is 4.79. The molecular formula is C18H33IN6. The highest BCUT2D eigenvalue weighted by Crippen LogP contribution is 2.44. The number of aromatic nitrogens is 3. The van der Waals surface area contributed by atoms with Crippen LogP contribution in [0.25, 0.3) is 0 Å². The van der Waals surface area contributed by atoms with Crippen LogP contribution in [0.3, 0.4) is 0 Å². The van der Waals surface area contributed by atoms with Gasteiger partial charge in [0.05, 0.1) is 0 Å². The number of rotatable bonds is 7. The second-order valence-electron chi connectivity index (χ2n) is 7.73. The van der Waals surface area contributed by atoms with Crippen molar-refractivity contribution in [1.82, 2.24) is 25.4 Å². The van der Waals surface area contributed by atoms with Crippen molar-refractivity contribution >= 4 is 29.9 Å². The first-order valence-corrected chi connectivity index (χ1v) is 9.57. The van der Waals surface area contributed by atoms with Crippen molar-refractivity contribution in [2.75, 3.05) is 13.1 Å². The number of guanidine groups is 1. The summed E-state index contributed by atoms with van der Waals surface area (Å²) in [6.07, 6.45) is 8.28. The first-order valence-electron chi connectivity index (χ1n) is 9.57. The summed E-state index contributed by atoms with van der Waals surface area (Å²) in [5, 5.41) is 15.4. The average Bonchev–Trinajstić information content (AvgIpc) is 3.28. The standard InChI is InChI=1S/C18H32N6.HI/c1-4-17-23-21-12-24(17)8-7-19-18(20-11-13(2)3)22-16-10-14-5-6-15(16)9-14;/h12-16H,4-11H2,1-3H3,(H2,19,20,22);1H. The minimum Gasteiger partial charge on any atom is -0.355 e. The SMILES string of the molecule is CCc1nncn1CCNC(=NCC(C)C)NC1CC2CCC1C2.I. The third-order valence-electron chi connectivity index (χ3n) is 5.33. The van der Waals surface area contributed by atoms with Crippen LogP contribution in [-0.4, -0.2) is 39.9 Å². The molecule has 2 aliphatic rings. The third kappa shape index (κ3) is 5.56. The quantitative estimate of drug-likeness (QED) is 0.373. The molecule has 6 nitrogen and oxygen atoms in total.